The maximum absolute atomic E-state index is 3.77. The van der Waals surface area contributed by atoms with E-state index in [0.717, 1.165) is 25.8 Å². The fourth-order valence-corrected chi connectivity index (χ4v) is 3.43. The Morgan fingerprint density at radius 2 is 1.95 bits per heavy atom. The molecule has 0 N–H and O–H groups in total. The summed E-state index contributed by atoms with van der Waals surface area (Å²) in [6, 6.07) is 0.579. The van der Waals surface area contributed by atoms with Crippen LogP contribution in [0.4, 0.5) is 0 Å². The second kappa shape index (κ2) is 11.6. The lowest BCUT2D eigenvalue weighted by molar-refractivity contribution is 0.197. The van der Waals surface area contributed by atoms with Gasteiger partial charge >= 0.3 is 0 Å². The molecule has 2 heteroatoms. The van der Waals surface area contributed by atoms with Gasteiger partial charge < -0.3 is 0 Å². The van der Waals surface area contributed by atoms with Crippen LogP contribution in [0.5, 0.6) is 0 Å². The molecule has 0 aliphatic rings. The molecule has 0 aromatic rings. The molecule has 0 aromatic heterocycles. The van der Waals surface area contributed by atoms with Crippen molar-refractivity contribution in [2.75, 3.05) is 6.54 Å². The Morgan fingerprint density at radius 1 is 1.30 bits per heavy atom. The highest BCUT2D eigenvalue weighted by atomic mass is 127. The quantitative estimate of drug-likeness (QED) is 0.193. The van der Waals surface area contributed by atoms with Gasteiger partial charge in [-0.15, -0.1) is 6.58 Å². The van der Waals surface area contributed by atoms with Crippen LogP contribution >= 0.6 is 22.6 Å². The third-order valence-electron chi connectivity index (χ3n) is 3.23. The number of hydrogen-bond donors (Lipinski definition) is 0. The fraction of sp³-hybridized carbons (Fsp3) is 0.667. The van der Waals surface area contributed by atoms with Gasteiger partial charge in [0, 0.05) is 12.6 Å². The first-order chi connectivity index (χ1) is 9.42. The highest BCUT2D eigenvalue weighted by molar-refractivity contribution is 14.1. The van der Waals surface area contributed by atoms with E-state index in [0.29, 0.717) is 16.0 Å². The summed E-state index contributed by atoms with van der Waals surface area (Å²) >= 11 is 2.55. The lowest BCUT2D eigenvalue weighted by atomic mass is 10.0. The number of rotatable bonds is 10. The molecule has 0 radical (unpaired) electrons. The van der Waals surface area contributed by atoms with Crippen LogP contribution in [0.25, 0.3) is 0 Å². The molecule has 2 unspecified atom stereocenters. The molecule has 116 valence electrons. The molecule has 0 aliphatic heterocycles. The van der Waals surface area contributed by atoms with Crippen LogP contribution in [0.3, 0.4) is 0 Å². The van der Waals surface area contributed by atoms with Gasteiger partial charge in [0.05, 0.1) is 4.05 Å². The topological polar surface area (TPSA) is 3.24 Å². The van der Waals surface area contributed by atoms with E-state index in [1.165, 1.54) is 5.57 Å². The fourth-order valence-electron chi connectivity index (χ4n) is 2.36. The minimum absolute atomic E-state index is 0.458. The second-order valence-electron chi connectivity index (χ2n) is 5.93. The Hall–Kier alpha value is -0.0900. The van der Waals surface area contributed by atoms with Crippen LogP contribution in [-0.4, -0.2) is 21.5 Å². The first-order valence-electron chi connectivity index (χ1n) is 7.75. The molecule has 0 aromatic carbocycles. The molecule has 0 aliphatic carbocycles. The van der Waals surface area contributed by atoms with Gasteiger partial charge in [-0.1, -0.05) is 73.2 Å². The second-order valence-corrected chi connectivity index (χ2v) is 7.20. The van der Waals surface area contributed by atoms with E-state index in [1.807, 2.05) is 6.08 Å². The molecule has 0 spiro atoms. The molecule has 1 nitrogen and oxygen atoms in total. The lowest BCUT2D eigenvalue weighted by Gasteiger charge is -2.34. The van der Waals surface area contributed by atoms with Crippen LogP contribution in [0, 0.1) is 5.92 Å². The zero-order chi connectivity index (χ0) is 15.5. The first-order valence-corrected chi connectivity index (χ1v) is 8.99. The maximum atomic E-state index is 3.77. The summed E-state index contributed by atoms with van der Waals surface area (Å²) in [7, 11) is 0. The predicted octanol–water partition coefficient (Wildman–Crippen LogP) is 5.97. The molecule has 0 heterocycles. The summed E-state index contributed by atoms with van der Waals surface area (Å²) in [5.41, 5.74) is 1.51. The van der Waals surface area contributed by atoms with Gasteiger partial charge in [0.2, 0.25) is 0 Å². The van der Waals surface area contributed by atoms with E-state index >= 15 is 0 Å². The number of nitrogens with zero attached hydrogens (tertiary/aromatic N) is 1. The molecule has 20 heavy (non-hydrogen) atoms. The first kappa shape index (κ1) is 19.9. The van der Waals surface area contributed by atoms with E-state index in [1.54, 1.807) is 0 Å². The average Bonchev–Trinajstić information content (AvgIpc) is 2.35. The third kappa shape index (κ3) is 8.96. The van der Waals surface area contributed by atoms with E-state index in [2.05, 4.69) is 86.9 Å². The summed E-state index contributed by atoms with van der Waals surface area (Å²) in [5.74, 6) is 0.693. The van der Waals surface area contributed by atoms with Gasteiger partial charge in [0.15, 0.2) is 0 Å². The van der Waals surface area contributed by atoms with Crippen LogP contribution in [-0.2, 0) is 0 Å². The van der Waals surface area contributed by atoms with Crippen molar-refractivity contribution in [3.63, 3.8) is 0 Å². The highest BCUT2D eigenvalue weighted by Crippen LogP contribution is 2.21. The standard InChI is InChI=1S/C18H32IN/c1-7-9-10-12-18(19)20(14-15(3)4)17(6)13-16(5)11-8-2/h7,10-12,15,17-18H,1,8-9,13-14H2,2-6H3/b12-10+,16-11+. The SMILES string of the molecule is C=CC/C=C/C(I)N(CC(C)C)C(C)C/C(C)=C/CC. The van der Waals surface area contributed by atoms with Crippen LogP contribution in [0.2, 0.25) is 0 Å². The van der Waals surface area contributed by atoms with Crippen LogP contribution < -0.4 is 0 Å². The Morgan fingerprint density at radius 3 is 2.45 bits per heavy atom. The Kier molecular flexibility index (Phi) is 11.5. The molecule has 0 bridgehead atoms. The van der Waals surface area contributed by atoms with Gasteiger partial charge in [-0.3, -0.25) is 4.90 Å². The molecular weight excluding hydrogens is 357 g/mol. The maximum Gasteiger partial charge on any atom is 0.0806 e. The van der Waals surface area contributed by atoms with Gasteiger partial charge in [-0.25, -0.2) is 0 Å². The summed E-state index contributed by atoms with van der Waals surface area (Å²) in [5, 5.41) is 0. The van der Waals surface area contributed by atoms with Crippen LogP contribution in [0.15, 0.2) is 36.5 Å². The summed E-state index contributed by atoms with van der Waals surface area (Å²) in [6.45, 7) is 16.3. The van der Waals surface area contributed by atoms with Crippen molar-refractivity contribution in [3.8, 4) is 0 Å². The van der Waals surface area contributed by atoms with Gasteiger partial charge in [-0.05, 0) is 39.0 Å². The largest absolute Gasteiger partial charge is 0.285 e. The zero-order valence-corrected chi connectivity index (χ0v) is 16.1. The Balaban J connectivity index is 4.76. The lowest BCUT2D eigenvalue weighted by Crippen LogP contribution is -2.40. The molecule has 0 saturated carbocycles. The summed E-state index contributed by atoms with van der Waals surface area (Å²) in [4.78, 5) is 2.61. The minimum Gasteiger partial charge on any atom is -0.285 e. The van der Waals surface area contributed by atoms with Crippen molar-refractivity contribution in [2.45, 2.75) is 64.0 Å². The molecule has 0 fully saturated rings. The average molecular weight is 389 g/mol. The van der Waals surface area contributed by atoms with Crippen LogP contribution in [0.1, 0.15) is 53.9 Å². The number of halogens is 1. The van der Waals surface area contributed by atoms with E-state index in [-0.39, 0.29) is 0 Å². The molecule has 0 saturated heterocycles. The summed E-state index contributed by atoms with van der Waals surface area (Å²) in [6.07, 6.45) is 12.1. The van der Waals surface area contributed by atoms with Gasteiger partial charge in [0.25, 0.3) is 0 Å². The summed E-state index contributed by atoms with van der Waals surface area (Å²) < 4.78 is 0.458. The van der Waals surface area contributed by atoms with Crippen molar-refractivity contribution in [1.29, 1.82) is 0 Å². The minimum atomic E-state index is 0.458. The van der Waals surface area contributed by atoms with Crippen molar-refractivity contribution in [2.24, 2.45) is 5.92 Å². The zero-order valence-electron chi connectivity index (χ0n) is 13.9. The van der Waals surface area contributed by atoms with Crippen molar-refractivity contribution >= 4 is 22.6 Å². The normalized spacial score (nSPS) is 16.1. The van der Waals surface area contributed by atoms with Crippen molar-refractivity contribution < 1.29 is 0 Å². The van der Waals surface area contributed by atoms with Gasteiger partial charge in [0.1, 0.15) is 0 Å². The number of alkyl halides is 1. The smallest absolute Gasteiger partial charge is 0.0806 e. The van der Waals surface area contributed by atoms with E-state index in [4.69, 9.17) is 0 Å². The molecule has 0 amide bonds. The monoisotopic (exact) mass is 389 g/mol. The molecular formula is C18H32IN. The van der Waals surface area contributed by atoms with E-state index < -0.39 is 0 Å². The van der Waals surface area contributed by atoms with Gasteiger partial charge in [-0.2, -0.15) is 0 Å². The highest BCUT2D eigenvalue weighted by Gasteiger charge is 2.20. The molecule has 0 rings (SSSR count). The Bertz CT molecular complexity index is 317. The molecule has 2 atom stereocenters. The van der Waals surface area contributed by atoms with Crippen molar-refractivity contribution in [3.05, 3.63) is 36.5 Å². The van der Waals surface area contributed by atoms with Crippen molar-refractivity contribution in [1.82, 2.24) is 4.90 Å². The number of allylic oxidation sites excluding steroid dienone is 3. The van der Waals surface area contributed by atoms with E-state index in [9.17, 15) is 0 Å². The number of hydrogen-bond acceptors (Lipinski definition) is 1. The predicted molar refractivity (Wildman–Crippen MR) is 101 cm³/mol. The third-order valence-corrected chi connectivity index (χ3v) is 4.36. The Labute approximate surface area is 140 Å².